The maximum Gasteiger partial charge on any atom is 0.306 e. The molecule has 20 heavy (non-hydrogen) atoms. The maximum atomic E-state index is 11.2. The average Bonchev–Trinajstić information content (AvgIpc) is 2.92. The van der Waals surface area contributed by atoms with Gasteiger partial charge in [0.05, 0.1) is 17.9 Å². The monoisotopic (exact) mass is 279 g/mol. The van der Waals surface area contributed by atoms with E-state index in [-0.39, 0.29) is 5.92 Å². The lowest BCUT2D eigenvalue weighted by Gasteiger charge is -2.22. The highest BCUT2D eigenvalue weighted by molar-refractivity contribution is 5.70. The first-order chi connectivity index (χ1) is 9.70. The van der Waals surface area contributed by atoms with Crippen molar-refractivity contribution in [3.8, 4) is 0 Å². The van der Waals surface area contributed by atoms with Crippen LogP contribution in [0.3, 0.4) is 0 Å². The van der Waals surface area contributed by atoms with E-state index in [1.165, 1.54) is 32.1 Å². The van der Waals surface area contributed by atoms with Gasteiger partial charge in [0.15, 0.2) is 0 Å². The smallest absolute Gasteiger partial charge is 0.306 e. The van der Waals surface area contributed by atoms with Crippen LogP contribution in [0.2, 0.25) is 0 Å². The molecule has 0 unspecified atom stereocenters. The number of hydrogen-bond donors (Lipinski definition) is 2. The van der Waals surface area contributed by atoms with Crippen LogP contribution in [0.5, 0.6) is 0 Å². The summed E-state index contributed by atoms with van der Waals surface area (Å²) in [5.41, 5.74) is 6.35. The summed E-state index contributed by atoms with van der Waals surface area (Å²) >= 11 is 0. The van der Waals surface area contributed by atoms with Crippen LogP contribution in [0, 0.1) is 5.92 Å². The van der Waals surface area contributed by atoms with E-state index in [1.807, 2.05) is 12.5 Å². The molecule has 5 nitrogen and oxygen atoms in total. The van der Waals surface area contributed by atoms with Gasteiger partial charge in [0.2, 0.25) is 0 Å². The molecule has 1 saturated carbocycles. The molecule has 1 aliphatic carbocycles. The minimum Gasteiger partial charge on any atom is -0.481 e. The third kappa shape index (κ3) is 4.07. The third-order valence-corrected chi connectivity index (χ3v) is 4.21. The number of rotatable bonds is 7. The fourth-order valence-electron chi connectivity index (χ4n) is 2.99. The summed E-state index contributed by atoms with van der Waals surface area (Å²) < 4.78 is 2.18. The molecule has 0 saturated heterocycles. The fourth-order valence-corrected chi connectivity index (χ4v) is 2.99. The van der Waals surface area contributed by atoms with Gasteiger partial charge in [-0.05, 0) is 32.2 Å². The van der Waals surface area contributed by atoms with Crippen LogP contribution < -0.4 is 5.73 Å². The molecule has 0 bridgehead atoms. The van der Waals surface area contributed by atoms with Crippen molar-refractivity contribution in [1.82, 2.24) is 9.55 Å². The van der Waals surface area contributed by atoms with Crippen LogP contribution in [0.4, 0.5) is 0 Å². The molecule has 1 fully saturated rings. The first-order valence-corrected chi connectivity index (χ1v) is 7.66. The number of carbonyl (C=O) groups is 1. The van der Waals surface area contributed by atoms with Gasteiger partial charge in [0, 0.05) is 18.7 Å². The van der Waals surface area contributed by atoms with Crippen molar-refractivity contribution in [2.24, 2.45) is 11.7 Å². The van der Waals surface area contributed by atoms with Crippen LogP contribution in [0.1, 0.15) is 56.7 Å². The van der Waals surface area contributed by atoms with E-state index in [1.54, 1.807) is 0 Å². The Bertz CT molecular complexity index is 425. The molecule has 1 aromatic rings. The molecule has 1 aromatic heterocycles. The van der Waals surface area contributed by atoms with E-state index in [2.05, 4.69) is 9.55 Å². The first kappa shape index (κ1) is 15.0. The van der Waals surface area contributed by atoms with E-state index in [4.69, 9.17) is 5.73 Å². The van der Waals surface area contributed by atoms with Crippen molar-refractivity contribution < 1.29 is 9.90 Å². The van der Waals surface area contributed by atoms with E-state index >= 15 is 0 Å². The van der Waals surface area contributed by atoms with Crippen molar-refractivity contribution in [2.45, 2.75) is 57.4 Å². The predicted molar refractivity (Wildman–Crippen MR) is 77.5 cm³/mol. The van der Waals surface area contributed by atoms with Gasteiger partial charge in [-0.2, -0.15) is 0 Å². The molecule has 0 spiro atoms. The van der Waals surface area contributed by atoms with Gasteiger partial charge in [-0.1, -0.05) is 19.3 Å². The molecule has 112 valence electrons. The predicted octanol–water partition coefficient (Wildman–Crippen LogP) is 2.37. The number of hydrogen-bond acceptors (Lipinski definition) is 3. The number of nitrogens with two attached hydrogens (primary N) is 1. The van der Waals surface area contributed by atoms with Crippen LogP contribution >= 0.6 is 0 Å². The van der Waals surface area contributed by atoms with Gasteiger partial charge >= 0.3 is 5.97 Å². The molecule has 0 aromatic carbocycles. The van der Waals surface area contributed by atoms with E-state index in [0.717, 1.165) is 12.1 Å². The van der Waals surface area contributed by atoms with Crippen molar-refractivity contribution in [2.75, 3.05) is 6.54 Å². The Hall–Kier alpha value is -1.36. The number of carboxylic acids is 1. The molecule has 0 aliphatic heterocycles. The molecule has 0 radical (unpaired) electrons. The Labute approximate surface area is 120 Å². The van der Waals surface area contributed by atoms with Crippen LogP contribution in [0.15, 0.2) is 12.5 Å². The van der Waals surface area contributed by atoms with Gasteiger partial charge in [0.1, 0.15) is 0 Å². The molecular formula is C15H25N3O2. The fraction of sp³-hybridized carbons (Fsp3) is 0.733. The van der Waals surface area contributed by atoms with Crippen LogP contribution in [-0.2, 0) is 11.2 Å². The quantitative estimate of drug-likeness (QED) is 0.803. The number of nitrogens with zero attached hydrogens (tertiary/aromatic N) is 2. The van der Waals surface area contributed by atoms with Crippen LogP contribution in [-0.4, -0.2) is 27.2 Å². The summed E-state index contributed by atoms with van der Waals surface area (Å²) in [6.45, 7) is 0.542. The van der Waals surface area contributed by atoms with E-state index < -0.39 is 5.97 Å². The van der Waals surface area contributed by atoms with Crippen molar-refractivity contribution in [3.05, 3.63) is 18.2 Å². The summed E-state index contributed by atoms with van der Waals surface area (Å²) in [4.78, 5) is 15.6. The maximum absolute atomic E-state index is 11.2. The molecule has 3 N–H and O–H groups in total. The Kier molecular flexibility index (Phi) is 5.59. The molecule has 1 heterocycles. The summed E-state index contributed by atoms with van der Waals surface area (Å²) in [6, 6.07) is 0.553. The molecule has 0 amide bonds. The molecule has 1 aliphatic rings. The highest BCUT2D eigenvalue weighted by Gasteiger charge is 2.20. The third-order valence-electron chi connectivity index (χ3n) is 4.21. The second-order valence-corrected chi connectivity index (χ2v) is 5.77. The summed E-state index contributed by atoms with van der Waals surface area (Å²) in [5.74, 6) is -1.11. The number of aromatic nitrogens is 2. The van der Waals surface area contributed by atoms with Crippen LogP contribution in [0.25, 0.3) is 0 Å². The minimum absolute atomic E-state index is 0.367. The lowest BCUT2D eigenvalue weighted by Crippen LogP contribution is -2.18. The van der Waals surface area contributed by atoms with E-state index in [0.29, 0.717) is 25.4 Å². The Morgan fingerprint density at radius 1 is 1.45 bits per heavy atom. The first-order valence-electron chi connectivity index (χ1n) is 7.66. The van der Waals surface area contributed by atoms with Gasteiger partial charge in [0.25, 0.3) is 0 Å². The zero-order valence-electron chi connectivity index (χ0n) is 12.0. The highest BCUT2D eigenvalue weighted by Crippen LogP contribution is 2.28. The molecule has 2 rings (SSSR count). The highest BCUT2D eigenvalue weighted by atomic mass is 16.4. The lowest BCUT2D eigenvalue weighted by atomic mass is 9.95. The Morgan fingerprint density at radius 2 is 2.20 bits per heavy atom. The van der Waals surface area contributed by atoms with Crippen molar-refractivity contribution in [3.63, 3.8) is 0 Å². The van der Waals surface area contributed by atoms with Gasteiger partial charge in [-0.25, -0.2) is 4.98 Å². The summed E-state index contributed by atoms with van der Waals surface area (Å²) in [6.07, 6.45) is 12.1. The molecule has 1 atom stereocenters. The number of aliphatic carboxylic acids is 1. The lowest BCUT2D eigenvalue weighted by molar-refractivity contribution is -0.142. The second kappa shape index (κ2) is 7.43. The Balaban J connectivity index is 1.94. The van der Waals surface area contributed by atoms with Gasteiger partial charge in [-0.15, -0.1) is 0 Å². The zero-order chi connectivity index (χ0) is 14.4. The zero-order valence-corrected chi connectivity index (χ0v) is 12.0. The van der Waals surface area contributed by atoms with Crippen molar-refractivity contribution >= 4 is 5.97 Å². The standard InChI is InChI=1S/C15H25N3O2/c16-8-4-5-12(15(19)20)9-13-10-18(11-17-13)14-6-2-1-3-7-14/h10-12,14H,1-9,16H2,(H,19,20)/t12-/m0/s1. The molecule has 5 heteroatoms. The minimum atomic E-state index is -0.745. The summed E-state index contributed by atoms with van der Waals surface area (Å²) in [5, 5.41) is 9.24. The number of carboxylic acid groups (broad SMARTS) is 1. The second-order valence-electron chi connectivity index (χ2n) is 5.77. The number of imidazole rings is 1. The summed E-state index contributed by atoms with van der Waals surface area (Å²) in [7, 11) is 0. The largest absolute Gasteiger partial charge is 0.481 e. The SMILES string of the molecule is NCCC[C@@H](Cc1cn(C2CCCCC2)cn1)C(=O)O. The topological polar surface area (TPSA) is 81.1 Å². The Morgan fingerprint density at radius 3 is 2.85 bits per heavy atom. The van der Waals surface area contributed by atoms with Crippen molar-refractivity contribution in [1.29, 1.82) is 0 Å². The van der Waals surface area contributed by atoms with Gasteiger partial charge < -0.3 is 15.4 Å². The average molecular weight is 279 g/mol. The molecular weight excluding hydrogens is 254 g/mol. The van der Waals surface area contributed by atoms with Gasteiger partial charge in [-0.3, -0.25) is 4.79 Å². The van der Waals surface area contributed by atoms with E-state index in [9.17, 15) is 9.90 Å². The normalized spacial score (nSPS) is 18.1.